The quantitative estimate of drug-likeness (QED) is 0.926. The van der Waals surface area contributed by atoms with Crippen molar-refractivity contribution in [2.24, 2.45) is 0 Å². The summed E-state index contributed by atoms with van der Waals surface area (Å²) in [6.45, 7) is 4.01. The Labute approximate surface area is 109 Å². The first-order valence-corrected chi connectivity index (χ1v) is 6.09. The van der Waals surface area contributed by atoms with E-state index in [1.54, 1.807) is 18.6 Å². The molecule has 2 aromatic rings. The lowest BCUT2D eigenvalue weighted by molar-refractivity contribution is 0.214. The number of rotatable bonds is 2. The van der Waals surface area contributed by atoms with Crippen molar-refractivity contribution in [3.63, 3.8) is 0 Å². The highest BCUT2D eigenvalue weighted by Crippen LogP contribution is 2.27. The maximum atomic E-state index is 10.2. The van der Waals surface area contributed by atoms with Crippen LogP contribution in [0.4, 0.5) is 0 Å². The van der Waals surface area contributed by atoms with Crippen LogP contribution in [0.15, 0.2) is 35.2 Å². The predicted molar refractivity (Wildman–Crippen MR) is 69.7 cm³/mol. The molecular weight excluding hydrogens is 280 g/mol. The Morgan fingerprint density at radius 2 is 1.82 bits per heavy atom. The number of aliphatic hydroxyl groups excluding tert-OH is 1. The summed E-state index contributed by atoms with van der Waals surface area (Å²) in [6, 6.07) is 3.91. The van der Waals surface area contributed by atoms with E-state index < -0.39 is 6.10 Å². The van der Waals surface area contributed by atoms with E-state index in [0.717, 1.165) is 21.2 Å². The van der Waals surface area contributed by atoms with Gasteiger partial charge in [0.15, 0.2) is 0 Å². The fourth-order valence-electron chi connectivity index (χ4n) is 1.76. The summed E-state index contributed by atoms with van der Waals surface area (Å²) in [7, 11) is 0. The van der Waals surface area contributed by atoms with Gasteiger partial charge in [-0.3, -0.25) is 9.97 Å². The highest BCUT2D eigenvalue weighted by Gasteiger charge is 2.14. The second-order valence-corrected chi connectivity index (χ2v) is 4.79. The molecule has 0 fully saturated rings. The van der Waals surface area contributed by atoms with E-state index in [4.69, 9.17) is 0 Å². The Hall–Kier alpha value is -1.26. The molecule has 1 unspecified atom stereocenters. The van der Waals surface area contributed by atoms with Gasteiger partial charge in [-0.05, 0) is 30.5 Å². The van der Waals surface area contributed by atoms with Gasteiger partial charge < -0.3 is 5.11 Å². The van der Waals surface area contributed by atoms with E-state index in [1.165, 1.54) is 0 Å². The molecule has 17 heavy (non-hydrogen) atoms. The topological polar surface area (TPSA) is 46.0 Å². The van der Waals surface area contributed by atoms with Crippen molar-refractivity contribution >= 4 is 15.9 Å². The van der Waals surface area contributed by atoms with Crippen LogP contribution in [0.2, 0.25) is 0 Å². The zero-order valence-electron chi connectivity index (χ0n) is 9.68. The van der Waals surface area contributed by atoms with E-state index in [-0.39, 0.29) is 0 Å². The number of aromatic nitrogens is 2. The van der Waals surface area contributed by atoms with Gasteiger partial charge in [0.2, 0.25) is 0 Å². The maximum Gasteiger partial charge on any atom is 0.123 e. The molecule has 1 N–H and O–H groups in total. The van der Waals surface area contributed by atoms with Gasteiger partial charge in [0.25, 0.3) is 0 Å². The average molecular weight is 293 g/mol. The van der Waals surface area contributed by atoms with Crippen molar-refractivity contribution in [2.75, 3.05) is 0 Å². The molecule has 1 atom stereocenters. The molecule has 0 saturated heterocycles. The molecule has 0 saturated carbocycles. The SMILES string of the molecule is Cc1cc(C(O)c2cnccn2)cc(C)c1Br. The van der Waals surface area contributed by atoms with Gasteiger partial charge in [0, 0.05) is 16.9 Å². The number of benzene rings is 1. The summed E-state index contributed by atoms with van der Waals surface area (Å²) < 4.78 is 1.08. The zero-order chi connectivity index (χ0) is 12.4. The number of hydrogen-bond acceptors (Lipinski definition) is 3. The van der Waals surface area contributed by atoms with Crippen LogP contribution >= 0.6 is 15.9 Å². The van der Waals surface area contributed by atoms with Gasteiger partial charge in [0.1, 0.15) is 6.10 Å². The van der Waals surface area contributed by atoms with Crippen molar-refractivity contribution in [1.82, 2.24) is 9.97 Å². The molecule has 1 aromatic carbocycles. The zero-order valence-corrected chi connectivity index (χ0v) is 11.3. The smallest absolute Gasteiger partial charge is 0.123 e. The molecule has 0 aliphatic carbocycles. The monoisotopic (exact) mass is 292 g/mol. The normalized spacial score (nSPS) is 12.5. The summed E-state index contributed by atoms with van der Waals surface area (Å²) in [5.74, 6) is 0. The number of nitrogens with zero attached hydrogens (tertiary/aromatic N) is 2. The van der Waals surface area contributed by atoms with Crippen LogP contribution in [-0.4, -0.2) is 15.1 Å². The predicted octanol–water partition coefficient (Wildman–Crippen LogP) is 2.94. The second kappa shape index (κ2) is 4.94. The molecule has 0 radical (unpaired) electrons. The first kappa shape index (κ1) is 12.2. The van der Waals surface area contributed by atoms with Crippen LogP contribution in [0.1, 0.15) is 28.5 Å². The van der Waals surface area contributed by atoms with E-state index >= 15 is 0 Å². The standard InChI is InChI=1S/C13H13BrN2O/c1-8-5-10(6-9(2)12(8)14)13(17)11-7-15-3-4-16-11/h3-7,13,17H,1-2H3. The highest BCUT2D eigenvalue weighted by atomic mass is 79.9. The van der Waals surface area contributed by atoms with E-state index in [1.807, 2.05) is 26.0 Å². The van der Waals surface area contributed by atoms with E-state index in [9.17, 15) is 5.11 Å². The molecule has 0 amide bonds. The fourth-order valence-corrected chi connectivity index (χ4v) is 1.99. The van der Waals surface area contributed by atoms with Crippen molar-refractivity contribution in [3.05, 3.63) is 57.6 Å². The lowest BCUT2D eigenvalue weighted by atomic mass is 10.0. The molecule has 1 heterocycles. The van der Waals surface area contributed by atoms with Crippen molar-refractivity contribution < 1.29 is 5.11 Å². The minimum atomic E-state index is -0.728. The summed E-state index contributed by atoms with van der Waals surface area (Å²) in [5, 5.41) is 10.2. The van der Waals surface area contributed by atoms with Gasteiger partial charge in [-0.2, -0.15) is 0 Å². The molecule has 1 aromatic heterocycles. The van der Waals surface area contributed by atoms with Crippen molar-refractivity contribution in [2.45, 2.75) is 20.0 Å². The Bertz CT molecular complexity index is 505. The van der Waals surface area contributed by atoms with Crippen LogP contribution in [0.25, 0.3) is 0 Å². The van der Waals surface area contributed by atoms with Gasteiger partial charge in [-0.15, -0.1) is 0 Å². The average Bonchev–Trinajstić information content (AvgIpc) is 2.35. The van der Waals surface area contributed by atoms with Crippen LogP contribution in [-0.2, 0) is 0 Å². The summed E-state index contributed by atoms with van der Waals surface area (Å²) in [5.41, 5.74) is 3.60. The third kappa shape index (κ3) is 2.53. The molecule has 2 rings (SSSR count). The number of hydrogen-bond donors (Lipinski definition) is 1. The third-order valence-electron chi connectivity index (χ3n) is 2.64. The number of aliphatic hydroxyl groups is 1. The molecule has 0 aliphatic rings. The molecule has 4 heteroatoms. The Kier molecular flexibility index (Phi) is 3.54. The van der Waals surface area contributed by atoms with Crippen molar-refractivity contribution in [3.8, 4) is 0 Å². The van der Waals surface area contributed by atoms with Gasteiger partial charge in [-0.25, -0.2) is 0 Å². The maximum absolute atomic E-state index is 10.2. The van der Waals surface area contributed by atoms with Gasteiger partial charge in [-0.1, -0.05) is 28.1 Å². The van der Waals surface area contributed by atoms with Crippen molar-refractivity contribution in [1.29, 1.82) is 0 Å². The highest BCUT2D eigenvalue weighted by molar-refractivity contribution is 9.10. The lowest BCUT2D eigenvalue weighted by Gasteiger charge is -2.13. The Balaban J connectivity index is 2.41. The fraction of sp³-hybridized carbons (Fsp3) is 0.231. The third-order valence-corrected chi connectivity index (χ3v) is 3.89. The molecule has 0 bridgehead atoms. The first-order chi connectivity index (χ1) is 8.09. The summed E-state index contributed by atoms with van der Waals surface area (Å²) in [4.78, 5) is 8.07. The molecule has 0 aliphatic heterocycles. The van der Waals surface area contributed by atoms with Crippen LogP contribution in [0.3, 0.4) is 0 Å². The molecule has 3 nitrogen and oxygen atoms in total. The number of aryl methyl sites for hydroxylation is 2. The largest absolute Gasteiger partial charge is 0.382 e. The minimum absolute atomic E-state index is 0.564. The first-order valence-electron chi connectivity index (χ1n) is 5.30. The Morgan fingerprint density at radius 3 is 2.35 bits per heavy atom. The van der Waals surface area contributed by atoms with Gasteiger partial charge >= 0.3 is 0 Å². The van der Waals surface area contributed by atoms with Crippen LogP contribution in [0, 0.1) is 13.8 Å². The minimum Gasteiger partial charge on any atom is -0.382 e. The summed E-state index contributed by atoms with van der Waals surface area (Å²) in [6.07, 6.45) is 4.03. The lowest BCUT2D eigenvalue weighted by Crippen LogP contribution is -2.03. The summed E-state index contributed by atoms with van der Waals surface area (Å²) >= 11 is 3.51. The van der Waals surface area contributed by atoms with Gasteiger partial charge in [0.05, 0.1) is 11.9 Å². The molecule has 88 valence electrons. The Morgan fingerprint density at radius 1 is 1.18 bits per heavy atom. The van der Waals surface area contributed by atoms with E-state index in [2.05, 4.69) is 25.9 Å². The van der Waals surface area contributed by atoms with E-state index in [0.29, 0.717) is 5.69 Å². The second-order valence-electron chi connectivity index (χ2n) is 4.00. The van der Waals surface area contributed by atoms with Crippen LogP contribution in [0.5, 0.6) is 0 Å². The molecular formula is C13H13BrN2O. The number of halogens is 1. The van der Waals surface area contributed by atoms with Crippen LogP contribution < -0.4 is 0 Å². The molecule has 0 spiro atoms.